The minimum absolute atomic E-state index is 0.0606. The van der Waals surface area contributed by atoms with Crippen LogP contribution in [0.4, 0.5) is 9.59 Å². The van der Waals surface area contributed by atoms with Gasteiger partial charge in [0.1, 0.15) is 11.5 Å². The molecule has 11 nitrogen and oxygen atoms in total. The molecule has 1 aromatic rings. The summed E-state index contributed by atoms with van der Waals surface area (Å²) in [5.41, 5.74) is 1.19. The molecule has 0 bridgehead atoms. The topological polar surface area (TPSA) is 113 Å². The van der Waals surface area contributed by atoms with Gasteiger partial charge in [-0.1, -0.05) is 0 Å². The lowest BCUT2D eigenvalue weighted by Gasteiger charge is -2.43. The van der Waals surface area contributed by atoms with Crippen molar-refractivity contribution in [3.63, 3.8) is 0 Å². The minimum Gasteiger partial charge on any atom is -0.497 e. The molecule has 0 aromatic heterocycles. The third kappa shape index (κ3) is 6.95. The zero-order valence-electron chi connectivity index (χ0n) is 24.4. The van der Waals surface area contributed by atoms with Crippen LogP contribution in [0.25, 0.3) is 0 Å². The number of hydrogen-bond donors (Lipinski definition) is 2. The molecule has 216 valence electrons. The van der Waals surface area contributed by atoms with Crippen molar-refractivity contribution in [2.75, 3.05) is 53.6 Å². The van der Waals surface area contributed by atoms with Gasteiger partial charge in [0.15, 0.2) is 0 Å². The normalized spacial score (nSPS) is 20.5. The quantitative estimate of drug-likeness (QED) is 0.483. The summed E-state index contributed by atoms with van der Waals surface area (Å²) in [6.07, 6.45) is 0. The molecule has 4 amide bonds. The van der Waals surface area contributed by atoms with Crippen LogP contribution in [0.3, 0.4) is 0 Å². The molecular formula is C28H43N5O6. The molecule has 0 spiro atoms. The Morgan fingerprint density at radius 2 is 1.85 bits per heavy atom. The van der Waals surface area contributed by atoms with Crippen LogP contribution in [0.1, 0.15) is 53.1 Å². The Morgan fingerprint density at radius 3 is 2.41 bits per heavy atom. The number of benzene rings is 1. The highest BCUT2D eigenvalue weighted by atomic mass is 16.5. The summed E-state index contributed by atoms with van der Waals surface area (Å²) in [6, 6.07) is 4.00. The Bertz CT molecular complexity index is 1100. The molecule has 0 aliphatic carbocycles. The molecule has 1 fully saturated rings. The van der Waals surface area contributed by atoms with Crippen molar-refractivity contribution >= 4 is 18.0 Å². The van der Waals surface area contributed by atoms with Gasteiger partial charge in [-0.3, -0.25) is 9.80 Å². The number of likely N-dealkylation sites (N-methyl/N-ethyl adjacent to an activating group) is 1. The maximum Gasteiger partial charge on any atom is 0.338 e. The van der Waals surface area contributed by atoms with E-state index in [1.165, 1.54) is 0 Å². The number of nitrogens with one attached hydrogen (secondary N) is 2. The van der Waals surface area contributed by atoms with E-state index in [0.717, 1.165) is 0 Å². The fraction of sp³-hybridized carbons (Fsp3) is 0.607. The van der Waals surface area contributed by atoms with Crippen molar-refractivity contribution in [3.05, 3.63) is 35.0 Å². The van der Waals surface area contributed by atoms with Crippen molar-refractivity contribution < 1.29 is 28.6 Å². The maximum absolute atomic E-state index is 13.5. The monoisotopic (exact) mass is 545 g/mol. The van der Waals surface area contributed by atoms with Crippen LogP contribution in [-0.4, -0.2) is 97.9 Å². The van der Waals surface area contributed by atoms with E-state index in [4.69, 9.17) is 14.2 Å². The highest BCUT2D eigenvalue weighted by Gasteiger charge is 2.40. The van der Waals surface area contributed by atoms with E-state index in [0.29, 0.717) is 61.1 Å². The van der Waals surface area contributed by atoms with Gasteiger partial charge < -0.3 is 29.7 Å². The number of carbonyl (C=O) groups excluding carboxylic acids is 3. The largest absolute Gasteiger partial charge is 0.497 e. The molecule has 2 aliphatic heterocycles. The number of urea groups is 2. The zero-order valence-corrected chi connectivity index (χ0v) is 24.4. The molecule has 0 saturated carbocycles. The molecule has 0 radical (unpaired) electrons. The standard InChI is InChI=1S/C28H43N5O6/c1-9-32-21(17-31-13-14-33(18(3)16-31)27(36)30-28(4,5)6)23(25(34)39-10-2)24(29-26(32)35)20-15-19(37-7)11-12-22(20)38-8/h11-12,15,18,24H,9-10,13-14,16-17H2,1-8H3,(H,29,35)(H,30,36)/t18-,24-/m1/s1. The summed E-state index contributed by atoms with van der Waals surface area (Å²) < 4.78 is 16.5. The predicted octanol–water partition coefficient (Wildman–Crippen LogP) is 3.12. The number of rotatable bonds is 8. The second-order valence-corrected chi connectivity index (χ2v) is 10.8. The molecule has 1 aromatic carbocycles. The fourth-order valence-corrected chi connectivity index (χ4v) is 5.04. The summed E-state index contributed by atoms with van der Waals surface area (Å²) in [7, 11) is 3.10. The first-order valence-corrected chi connectivity index (χ1v) is 13.4. The zero-order chi connectivity index (χ0) is 28.9. The first kappa shape index (κ1) is 30.1. The molecule has 1 saturated heterocycles. The van der Waals surface area contributed by atoms with Gasteiger partial charge in [0.25, 0.3) is 0 Å². The summed E-state index contributed by atoms with van der Waals surface area (Å²) in [5, 5.41) is 6.01. The van der Waals surface area contributed by atoms with Crippen LogP contribution in [0.5, 0.6) is 11.5 Å². The van der Waals surface area contributed by atoms with E-state index in [9.17, 15) is 14.4 Å². The van der Waals surface area contributed by atoms with E-state index >= 15 is 0 Å². The maximum atomic E-state index is 13.5. The number of nitrogens with zero attached hydrogens (tertiary/aromatic N) is 3. The Balaban J connectivity index is 2.01. The van der Waals surface area contributed by atoms with Gasteiger partial charge in [0.2, 0.25) is 0 Å². The first-order chi connectivity index (χ1) is 18.4. The summed E-state index contributed by atoms with van der Waals surface area (Å²) in [5.74, 6) is 0.581. The van der Waals surface area contributed by atoms with Gasteiger partial charge in [0, 0.05) is 55.6 Å². The number of hydrogen-bond acceptors (Lipinski definition) is 7. The lowest BCUT2D eigenvalue weighted by Crippen LogP contribution is -2.59. The van der Waals surface area contributed by atoms with Gasteiger partial charge >= 0.3 is 18.0 Å². The lowest BCUT2D eigenvalue weighted by molar-refractivity contribution is -0.139. The Labute approximate surface area is 231 Å². The van der Waals surface area contributed by atoms with E-state index in [1.54, 1.807) is 44.2 Å². The Kier molecular flexibility index (Phi) is 9.71. The lowest BCUT2D eigenvalue weighted by atomic mass is 9.93. The molecule has 11 heteroatoms. The SMILES string of the molecule is CCOC(=O)C1=C(CN2CCN(C(=O)NC(C)(C)C)[C@H](C)C2)N(CC)C(=O)N[C@@H]1c1cc(OC)ccc1OC. The van der Waals surface area contributed by atoms with Crippen LogP contribution in [-0.2, 0) is 9.53 Å². The second-order valence-electron chi connectivity index (χ2n) is 10.8. The molecule has 0 unspecified atom stereocenters. The van der Waals surface area contributed by atoms with E-state index in [-0.39, 0.29) is 30.2 Å². The Morgan fingerprint density at radius 1 is 1.13 bits per heavy atom. The average Bonchev–Trinajstić information content (AvgIpc) is 2.87. The van der Waals surface area contributed by atoms with Crippen molar-refractivity contribution in [1.82, 2.24) is 25.3 Å². The van der Waals surface area contributed by atoms with Crippen LogP contribution in [0.2, 0.25) is 0 Å². The van der Waals surface area contributed by atoms with Crippen molar-refractivity contribution in [2.45, 2.75) is 59.2 Å². The van der Waals surface area contributed by atoms with Crippen molar-refractivity contribution in [2.24, 2.45) is 0 Å². The Hall–Kier alpha value is -3.47. The van der Waals surface area contributed by atoms with Crippen LogP contribution >= 0.6 is 0 Å². The summed E-state index contributed by atoms with van der Waals surface area (Å²) in [4.78, 5) is 45.3. The molecule has 2 aliphatic rings. The fourth-order valence-electron chi connectivity index (χ4n) is 5.04. The first-order valence-electron chi connectivity index (χ1n) is 13.4. The molecule has 2 N–H and O–H groups in total. The van der Waals surface area contributed by atoms with Gasteiger partial charge in [-0.15, -0.1) is 0 Å². The second kappa shape index (κ2) is 12.6. The number of carbonyl (C=O) groups is 3. The van der Waals surface area contributed by atoms with Gasteiger partial charge in [-0.05, 0) is 59.7 Å². The van der Waals surface area contributed by atoms with Crippen LogP contribution in [0.15, 0.2) is 29.5 Å². The van der Waals surface area contributed by atoms with Gasteiger partial charge in [0.05, 0.1) is 32.4 Å². The summed E-state index contributed by atoms with van der Waals surface area (Å²) >= 11 is 0. The van der Waals surface area contributed by atoms with E-state index < -0.39 is 12.0 Å². The molecular weight excluding hydrogens is 502 g/mol. The van der Waals surface area contributed by atoms with Crippen molar-refractivity contribution in [1.29, 1.82) is 0 Å². The van der Waals surface area contributed by atoms with Gasteiger partial charge in [-0.2, -0.15) is 0 Å². The number of piperazine rings is 1. The molecule has 2 heterocycles. The molecule has 3 rings (SSSR count). The third-order valence-corrected chi connectivity index (χ3v) is 6.83. The third-order valence-electron chi connectivity index (χ3n) is 6.83. The smallest absolute Gasteiger partial charge is 0.338 e. The van der Waals surface area contributed by atoms with Gasteiger partial charge in [-0.25, -0.2) is 14.4 Å². The number of esters is 1. The highest BCUT2D eigenvalue weighted by molar-refractivity contribution is 5.95. The molecule has 39 heavy (non-hydrogen) atoms. The number of amides is 4. The highest BCUT2D eigenvalue weighted by Crippen LogP contribution is 2.38. The number of methoxy groups -OCH3 is 2. The van der Waals surface area contributed by atoms with Crippen molar-refractivity contribution in [3.8, 4) is 11.5 Å². The summed E-state index contributed by atoms with van der Waals surface area (Å²) in [6.45, 7) is 14.1. The van der Waals surface area contributed by atoms with Crippen LogP contribution in [0, 0.1) is 0 Å². The molecule has 2 atom stereocenters. The number of ether oxygens (including phenoxy) is 3. The van der Waals surface area contributed by atoms with Crippen LogP contribution < -0.4 is 20.1 Å². The van der Waals surface area contributed by atoms with E-state index in [1.807, 2.05) is 39.5 Å². The average molecular weight is 546 g/mol. The predicted molar refractivity (Wildman–Crippen MR) is 148 cm³/mol. The minimum atomic E-state index is -0.796. The van der Waals surface area contributed by atoms with E-state index in [2.05, 4.69) is 15.5 Å².